The first-order valence-corrected chi connectivity index (χ1v) is 10.4. The molecular weight excluding hydrogens is 371 g/mol. The van der Waals surface area contributed by atoms with Crippen LogP contribution in [0.2, 0.25) is 0 Å². The Kier molecular flexibility index (Phi) is 7.08. The Hall–Kier alpha value is -2.06. The van der Waals surface area contributed by atoms with Gasteiger partial charge in [-0.3, -0.25) is 9.69 Å². The Morgan fingerprint density at radius 2 is 1.90 bits per heavy atom. The standard InChI is InChI=1S/C24H28N2O3.Li.H/c1-17-5-4-6-18(15-17)16-26-14-3-2-7-21(26)22(27)25-24(12-13-24)20-10-8-19(9-11-20)23(28)29;;/h4-6,8-11,15,21H,2-3,7,12-14,16H2,1H3,(H,25,27)(H,28,29);;/q;+1;-1. The van der Waals surface area contributed by atoms with Crippen LogP contribution < -0.4 is 24.2 Å². The van der Waals surface area contributed by atoms with Gasteiger partial charge in [0.1, 0.15) is 0 Å². The summed E-state index contributed by atoms with van der Waals surface area (Å²) in [5.74, 6) is -0.836. The first-order valence-electron chi connectivity index (χ1n) is 10.4. The second kappa shape index (κ2) is 9.39. The molecule has 4 rings (SSSR count). The normalized spacial score (nSPS) is 20.1. The van der Waals surface area contributed by atoms with Crippen LogP contribution >= 0.6 is 0 Å². The number of carbonyl (C=O) groups is 2. The van der Waals surface area contributed by atoms with E-state index in [4.69, 9.17) is 5.11 Å². The summed E-state index contributed by atoms with van der Waals surface area (Å²) in [6, 6.07) is 15.3. The Labute approximate surface area is 191 Å². The van der Waals surface area contributed by atoms with E-state index < -0.39 is 5.97 Å². The average Bonchev–Trinajstić information content (AvgIpc) is 3.49. The number of nitrogens with zero attached hydrogens (tertiary/aromatic N) is 1. The van der Waals surface area contributed by atoms with Crippen molar-refractivity contribution in [2.45, 2.75) is 57.2 Å². The van der Waals surface area contributed by atoms with Crippen molar-refractivity contribution in [3.8, 4) is 0 Å². The number of hydrogen-bond acceptors (Lipinski definition) is 3. The largest absolute Gasteiger partial charge is 1.00 e. The molecule has 1 saturated carbocycles. The zero-order chi connectivity index (χ0) is 20.4. The average molecular weight is 400 g/mol. The molecule has 0 spiro atoms. The molecule has 30 heavy (non-hydrogen) atoms. The maximum atomic E-state index is 13.2. The molecule has 2 aromatic carbocycles. The van der Waals surface area contributed by atoms with Gasteiger partial charge in [0.2, 0.25) is 5.91 Å². The van der Waals surface area contributed by atoms with Gasteiger partial charge in [0.05, 0.1) is 17.1 Å². The molecule has 154 valence electrons. The molecule has 1 aliphatic carbocycles. The van der Waals surface area contributed by atoms with Crippen molar-refractivity contribution >= 4 is 11.9 Å². The van der Waals surface area contributed by atoms with E-state index in [0.29, 0.717) is 0 Å². The number of aromatic carboxylic acids is 1. The summed E-state index contributed by atoms with van der Waals surface area (Å²) in [7, 11) is 0. The van der Waals surface area contributed by atoms with Crippen LogP contribution in [0.3, 0.4) is 0 Å². The van der Waals surface area contributed by atoms with Gasteiger partial charge in [-0.2, -0.15) is 0 Å². The van der Waals surface area contributed by atoms with Crippen molar-refractivity contribution in [2.75, 3.05) is 6.54 Å². The van der Waals surface area contributed by atoms with Crippen LogP contribution in [-0.4, -0.2) is 34.5 Å². The number of carboxylic acid groups (broad SMARTS) is 1. The molecule has 2 N–H and O–H groups in total. The molecular formula is C24H29LiN2O3. The third kappa shape index (κ3) is 4.98. The van der Waals surface area contributed by atoms with Crippen LogP contribution in [0.1, 0.15) is 60.6 Å². The van der Waals surface area contributed by atoms with Crippen LogP contribution in [0.5, 0.6) is 0 Å². The molecule has 0 bridgehead atoms. The third-order valence-corrected chi connectivity index (χ3v) is 6.18. The predicted octanol–water partition coefficient (Wildman–Crippen LogP) is 0.970. The first kappa shape index (κ1) is 22.6. The molecule has 5 nitrogen and oxygen atoms in total. The van der Waals surface area contributed by atoms with Crippen LogP contribution in [0, 0.1) is 6.92 Å². The van der Waals surface area contributed by atoms with Crippen molar-refractivity contribution in [3.05, 3.63) is 70.8 Å². The van der Waals surface area contributed by atoms with Gasteiger partial charge >= 0.3 is 24.8 Å². The van der Waals surface area contributed by atoms with E-state index in [1.54, 1.807) is 12.1 Å². The molecule has 1 amide bonds. The molecule has 1 saturated heterocycles. The molecule has 1 heterocycles. The van der Waals surface area contributed by atoms with Gasteiger partial charge < -0.3 is 11.8 Å². The smallest absolute Gasteiger partial charge is 1.00 e. The minimum atomic E-state index is -0.931. The number of likely N-dealkylation sites (tertiary alicyclic amines) is 1. The molecule has 0 aromatic heterocycles. The number of aryl methyl sites for hydroxylation is 1. The van der Waals surface area contributed by atoms with Gasteiger partial charge in [0.25, 0.3) is 0 Å². The van der Waals surface area contributed by atoms with Crippen LogP contribution in [0.4, 0.5) is 0 Å². The summed E-state index contributed by atoms with van der Waals surface area (Å²) in [4.78, 5) is 26.6. The fraction of sp³-hybridized carbons (Fsp3) is 0.417. The summed E-state index contributed by atoms with van der Waals surface area (Å²) >= 11 is 0. The van der Waals surface area contributed by atoms with Crippen molar-refractivity contribution in [1.82, 2.24) is 10.2 Å². The number of carboxylic acids is 1. The Balaban J connectivity index is 0.00000171. The zero-order valence-corrected chi connectivity index (χ0v) is 17.9. The van der Waals surface area contributed by atoms with Crippen molar-refractivity contribution in [2.24, 2.45) is 0 Å². The van der Waals surface area contributed by atoms with Crippen molar-refractivity contribution in [3.63, 3.8) is 0 Å². The van der Waals surface area contributed by atoms with Crippen LogP contribution in [0.15, 0.2) is 48.5 Å². The van der Waals surface area contributed by atoms with E-state index in [9.17, 15) is 9.59 Å². The van der Waals surface area contributed by atoms with Gasteiger partial charge in [0, 0.05) is 6.54 Å². The quantitative estimate of drug-likeness (QED) is 0.709. The number of piperidine rings is 1. The number of benzene rings is 2. The van der Waals surface area contributed by atoms with E-state index in [1.807, 2.05) is 12.1 Å². The number of hydrogen-bond donors (Lipinski definition) is 2. The second-order valence-electron chi connectivity index (χ2n) is 8.42. The molecule has 6 heteroatoms. The van der Waals surface area contributed by atoms with Crippen molar-refractivity contribution in [1.29, 1.82) is 0 Å². The summed E-state index contributed by atoms with van der Waals surface area (Å²) < 4.78 is 0. The maximum Gasteiger partial charge on any atom is 1.00 e. The van der Waals surface area contributed by atoms with E-state index >= 15 is 0 Å². The molecule has 1 unspecified atom stereocenters. The van der Waals surface area contributed by atoms with Gasteiger partial charge in [-0.05, 0) is 62.4 Å². The molecule has 2 aliphatic rings. The Bertz CT molecular complexity index is 915. The van der Waals surface area contributed by atoms with Crippen molar-refractivity contribution < 1.29 is 35.0 Å². The van der Waals surface area contributed by atoms with E-state index in [-0.39, 0.29) is 43.3 Å². The fourth-order valence-corrected chi connectivity index (χ4v) is 4.38. The van der Waals surface area contributed by atoms with Crippen LogP contribution in [-0.2, 0) is 16.9 Å². The summed E-state index contributed by atoms with van der Waals surface area (Å²) in [6.45, 7) is 3.82. The number of rotatable bonds is 6. The minimum absolute atomic E-state index is 0. The van der Waals surface area contributed by atoms with E-state index in [0.717, 1.165) is 50.8 Å². The summed E-state index contributed by atoms with van der Waals surface area (Å²) in [5.41, 5.74) is 3.42. The van der Waals surface area contributed by atoms with E-state index in [2.05, 4.69) is 41.4 Å². The molecule has 2 fully saturated rings. The minimum Gasteiger partial charge on any atom is -1.00 e. The molecule has 0 radical (unpaired) electrons. The van der Waals surface area contributed by atoms with Gasteiger partial charge in [0.15, 0.2) is 0 Å². The number of carbonyl (C=O) groups excluding carboxylic acids is 1. The maximum absolute atomic E-state index is 13.2. The third-order valence-electron chi connectivity index (χ3n) is 6.18. The topological polar surface area (TPSA) is 69.6 Å². The molecule has 2 aromatic rings. The fourth-order valence-electron chi connectivity index (χ4n) is 4.38. The summed E-state index contributed by atoms with van der Waals surface area (Å²) in [6.07, 6.45) is 4.87. The summed E-state index contributed by atoms with van der Waals surface area (Å²) in [5, 5.41) is 12.4. The Morgan fingerprint density at radius 1 is 1.17 bits per heavy atom. The van der Waals surface area contributed by atoms with Gasteiger partial charge in [-0.15, -0.1) is 0 Å². The predicted molar refractivity (Wildman–Crippen MR) is 113 cm³/mol. The van der Waals surface area contributed by atoms with Crippen LogP contribution in [0.25, 0.3) is 0 Å². The van der Waals surface area contributed by atoms with Gasteiger partial charge in [-0.25, -0.2) is 4.79 Å². The molecule has 1 atom stereocenters. The van der Waals surface area contributed by atoms with Gasteiger partial charge in [-0.1, -0.05) is 48.4 Å². The zero-order valence-electron chi connectivity index (χ0n) is 18.9. The molecule has 1 aliphatic heterocycles. The second-order valence-corrected chi connectivity index (χ2v) is 8.42. The SMILES string of the molecule is Cc1cccc(CN2CCCCC2C(=O)NC2(c3ccc(C(=O)O)cc3)CC2)c1.[H-].[Li+]. The van der Waals surface area contributed by atoms with E-state index in [1.165, 1.54) is 11.1 Å². The number of nitrogens with one attached hydrogen (secondary N) is 1. The first-order chi connectivity index (χ1) is 14.0. The Morgan fingerprint density at radius 3 is 2.53 bits per heavy atom. The number of amides is 1. The monoisotopic (exact) mass is 400 g/mol.